The Kier molecular flexibility index (Phi) is 4.37. The molecule has 1 fully saturated rings. The highest BCUT2D eigenvalue weighted by atomic mass is 19.2. The number of benzene rings is 2. The standard InChI is InChI=1S/C18H16F2N2O/c19-16-6-5-12(7-17(16)20)18-8-15(23)11-22(18)10-14-4-2-1-3-13(14)9-21/h1-7,15,18,23H,8,10-11H2/t15-,18-/m0/s1. The zero-order valence-corrected chi connectivity index (χ0v) is 12.4. The Morgan fingerprint density at radius 3 is 2.70 bits per heavy atom. The molecular formula is C18H16F2N2O. The molecule has 118 valence electrons. The van der Waals surface area contributed by atoms with Gasteiger partial charge >= 0.3 is 0 Å². The molecule has 0 saturated carbocycles. The number of aliphatic hydroxyl groups excluding tert-OH is 1. The van der Waals surface area contributed by atoms with E-state index < -0.39 is 17.7 Å². The van der Waals surface area contributed by atoms with Gasteiger partial charge in [-0.3, -0.25) is 4.90 Å². The quantitative estimate of drug-likeness (QED) is 0.947. The van der Waals surface area contributed by atoms with Crippen LogP contribution in [0.3, 0.4) is 0 Å². The maximum atomic E-state index is 13.5. The van der Waals surface area contributed by atoms with Gasteiger partial charge in [-0.25, -0.2) is 8.78 Å². The van der Waals surface area contributed by atoms with Crippen molar-refractivity contribution in [2.24, 2.45) is 0 Å². The number of nitriles is 1. The van der Waals surface area contributed by atoms with Crippen LogP contribution in [0, 0.1) is 23.0 Å². The summed E-state index contributed by atoms with van der Waals surface area (Å²) < 4.78 is 26.6. The molecule has 0 unspecified atom stereocenters. The molecule has 2 aromatic rings. The van der Waals surface area contributed by atoms with E-state index in [-0.39, 0.29) is 6.04 Å². The number of aliphatic hydroxyl groups is 1. The van der Waals surface area contributed by atoms with Crippen LogP contribution >= 0.6 is 0 Å². The third kappa shape index (κ3) is 3.24. The first kappa shape index (κ1) is 15.6. The molecule has 2 atom stereocenters. The largest absolute Gasteiger partial charge is 0.392 e. The first-order valence-corrected chi connectivity index (χ1v) is 7.43. The molecule has 2 aromatic carbocycles. The predicted octanol–water partition coefficient (Wildman–Crippen LogP) is 3.14. The molecule has 3 nitrogen and oxygen atoms in total. The van der Waals surface area contributed by atoms with Gasteiger partial charge in [-0.05, 0) is 35.7 Å². The second kappa shape index (κ2) is 6.45. The summed E-state index contributed by atoms with van der Waals surface area (Å²) in [7, 11) is 0. The number of halogens is 2. The molecule has 0 spiro atoms. The highest BCUT2D eigenvalue weighted by molar-refractivity contribution is 5.37. The van der Waals surface area contributed by atoms with Crippen molar-refractivity contribution in [3.63, 3.8) is 0 Å². The van der Waals surface area contributed by atoms with Crippen LogP contribution in [-0.2, 0) is 6.54 Å². The van der Waals surface area contributed by atoms with E-state index in [2.05, 4.69) is 6.07 Å². The lowest BCUT2D eigenvalue weighted by atomic mass is 10.0. The molecule has 0 bridgehead atoms. The molecule has 1 aliphatic rings. The molecule has 0 aromatic heterocycles. The van der Waals surface area contributed by atoms with Crippen molar-refractivity contribution in [3.05, 3.63) is 70.8 Å². The van der Waals surface area contributed by atoms with Gasteiger partial charge in [0.15, 0.2) is 11.6 Å². The zero-order chi connectivity index (χ0) is 16.4. The van der Waals surface area contributed by atoms with Crippen molar-refractivity contribution in [1.82, 2.24) is 4.90 Å². The highest BCUT2D eigenvalue weighted by Gasteiger charge is 2.32. The van der Waals surface area contributed by atoms with Gasteiger partial charge in [0.2, 0.25) is 0 Å². The Balaban J connectivity index is 1.88. The van der Waals surface area contributed by atoms with E-state index in [0.29, 0.717) is 30.6 Å². The van der Waals surface area contributed by atoms with Crippen LogP contribution in [-0.4, -0.2) is 22.7 Å². The minimum Gasteiger partial charge on any atom is -0.392 e. The highest BCUT2D eigenvalue weighted by Crippen LogP contribution is 2.34. The summed E-state index contributed by atoms with van der Waals surface area (Å²) in [5, 5.41) is 19.2. The van der Waals surface area contributed by atoms with Crippen LogP contribution in [0.15, 0.2) is 42.5 Å². The molecule has 1 aliphatic heterocycles. The van der Waals surface area contributed by atoms with Gasteiger partial charge in [0.05, 0.1) is 17.7 Å². The second-order valence-electron chi connectivity index (χ2n) is 5.78. The van der Waals surface area contributed by atoms with Crippen LogP contribution < -0.4 is 0 Å². The predicted molar refractivity (Wildman–Crippen MR) is 81.3 cm³/mol. The smallest absolute Gasteiger partial charge is 0.159 e. The van der Waals surface area contributed by atoms with Crippen LogP contribution in [0.1, 0.15) is 29.2 Å². The molecule has 3 rings (SSSR count). The Bertz CT molecular complexity index is 757. The average Bonchev–Trinajstić information content (AvgIpc) is 2.91. The number of nitrogens with zero attached hydrogens (tertiary/aromatic N) is 2. The molecule has 5 heteroatoms. The molecular weight excluding hydrogens is 298 g/mol. The van der Waals surface area contributed by atoms with E-state index in [1.165, 1.54) is 6.07 Å². The third-order valence-electron chi connectivity index (χ3n) is 4.22. The van der Waals surface area contributed by atoms with Crippen molar-refractivity contribution >= 4 is 0 Å². The van der Waals surface area contributed by atoms with Gasteiger partial charge in [0.1, 0.15) is 0 Å². The first-order valence-electron chi connectivity index (χ1n) is 7.43. The van der Waals surface area contributed by atoms with Crippen LogP contribution in [0.25, 0.3) is 0 Å². The normalized spacial score (nSPS) is 21.3. The fourth-order valence-electron chi connectivity index (χ4n) is 3.11. The third-order valence-corrected chi connectivity index (χ3v) is 4.22. The van der Waals surface area contributed by atoms with Gasteiger partial charge in [-0.15, -0.1) is 0 Å². The summed E-state index contributed by atoms with van der Waals surface area (Å²) >= 11 is 0. The van der Waals surface area contributed by atoms with E-state index >= 15 is 0 Å². The van der Waals surface area contributed by atoms with Crippen LogP contribution in [0.5, 0.6) is 0 Å². The second-order valence-corrected chi connectivity index (χ2v) is 5.78. The molecule has 0 amide bonds. The number of hydrogen-bond acceptors (Lipinski definition) is 3. The fourth-order valence-corrected chi connectivity index (χ4v) is 3.11. The fraction of sp³-hybridized carbons (Fsp3) is 0.278. The molecule has 0 radical (unpaired) electrons. The Labute approximate surface area is 133 Å². The number of likely N-dealkylation sites (tertiary alicyclic amines) is 1. The minimum absolute atomic E-state index is 0.202. The van der Waals surface area contributed by atoms with Crippen molar-refractivity contribution in [2.75, 3.05) is 6.54 Å². The van der Waals surface area contributed by atoms with Crippen molar-refractivity contribution < 1.29 is 13.9 Å². The van der Waals surface area contributed by atoms with E-state index in [4.69, 9.17) is 0 Å². The van der Waals surface area contributed by atoms with Gasteiger partial charge in [-0.1, -0.05) is 24.3 Å². The lowest BCUT2D eigenvalue weighted by Crippen LogP contribution is -2.24. The van der Waals surface area contributed by atoms with Gasteiger partial charge < -0.3 is 5.11 Å². The Hall–Kier alpha value is -2.29. The van der Waals surface area contributed by atoms with Crippen molar-refractivity contribution in [1.29, 1.82) is 5.26 Å². The van der Waals surface area contributed by atoms with Crippen LogP contribution in [0.2, 0.25) is 0 Å². The lowest BCUT2D eigenvalue weighted by Gasteiger charge is -2.25. The number of rotatable bonds is 3. The maximum absolute atomic E-state index is 13.5. The molecule has 1 saturated heterocycles. The zero-order valence-electron chi connectivity index (χ0n) is 12.4. The maximum Gasteiger partial charge on any atom is 0.159 e. The van der Waals surface area contributed by atoms with Crippen LogP contribution in [0.4, 0.5) is 8.78 Å². The first-order chi connectivity index (χ1) is 11.1. The minimum atomic E-state index is -0.888. The summed E-state index contributed by atoms with van der Waals surface area (Å²) in [6, 6.07) is 13.1. The SMILES string of the molecule is N#Cc1ccccc1CN1C[C@@H](O)C[C@H]1c1ccc(F)c(F)c1. The molecule has 0 aliphatic carbocycles. The lowest BCUT2D eigenvalue weighted by molar-refractivity contribution is 0.172. The Morgan fingerprint density at radius 1 is 1.17 bits per heavy atom. The summed E-state index contributed by atoms with van der Waals surface area (Å²) in [6.07, 6.45) is -0.0675. The van der Waals surface area contributed by atoms with E-state index in [1.54, 1.807) is 18.2 Å². The van der Waals surface area contributed by atoms with Gasteiger partial charge in [-0.2, -0.15) is 5.26 Å². The monoisotopic (exact) mass is 314 g/mol. The summed E-state index contributed by atoms with van der Waals surface area (Å²) in [5.74, 6) is -1.77. The average molecular weight is 314 g/mol. The van der Waals surface area contributed by atoms with Crippen molar-refractivity contribution in [2.45, 2.75) is 25.1 Å². The van der Waals surface area contributed by atoms with Gasteiger partial charge in [0, 0.05) is 19.1 Å². The summed E-state index contributed by atoms with van der Waals surface area (Å²) in [5.41, 5.74) is 2.07. The topological polar surface area (TPSA) is 47.3 Å². The van der Waals surface area contributed by atoms with E-state index in [9.17, 15) is 19.1 Å². The van der Waals surface area contributed by atoms with E-state index in [1.807, 2.05) is 17.0 Å². The summed E-state index contributed by atoms with van der Waals surface area (Å²) in [6.45, 7) is 0.911. The summed E-state index contributed by atoms with van der Waals surface area (Å²) in [4.78, 5) is 1.99. The van der Waals surface area contributed by atoms with Gasteiger partial charge in [0.25, 0.3) is 0 Å². The number of hydrogen-bond donors (Lipinski definition) is 1. The molecule has 23 heavy (non-hydrogen) atoms. The Morgan fingerprint density at radius 2 is 1.96 bits per heavy atom. The van der Waals surface area contributed by atoms with Crippen molar-refractivity contribution in [3.8, 4) is 6.07 Å². The number of β-amino-alcohol motifs (C(OH)–C–C–N with tert-alkyl or cyclic N) is 1. The molecule has 1 heterocycles. The molecule has 1 N–H and O–H groups in total. The van der Waals surface area contributed by atoms with E-state index in [0.717, 1.165) is 11.6 Å².